The van der Waals surface area contributed by atoms with Crippen molar-refractivity contribution in [3.63, 3.8) is 0 Å². The van der Waals surface area contributed by atoms with E-state index in [2.05, 4.69) is 5.32 Å². The molecule has 1 saturated heterocycles. The van der Waals surface area contributed by atoms with Crippen molar-refractivity contribution in [2.45, 2.75) is 30.1 Å². The summed E-state index contributed by atoms with van der Waals surface area (Å²) in [5, 5.41) is 3.30. The highest BCUT2D eigenvalue weighted by molar-refractivity contribution is 7.92. The van der Waals surface area contributed by atoms with Crippen LogP contribution in [0, 0.1) is 0 Å². The van der Waals surface area contributed by atoms with E-state index < -0.39 is 31.9 Å². The Morgan fingerprint density at radius 2 is 1.53 bits per heavy atom. The minimum atomic E-state index is -4.20. The number of rotatable bonds is 10. The van der Waals surface area contributed by atoms with Gasteiger partial charge >= 0.3 is 0 Å². The van der Waals surface area contributed by atoms with Crippen molar-refractivity contribution in [1.82, 2.24) is 9.62 Å². The number of ether oxygens (including phenoxy) is 2. The molecule has 10 heteroatoms. The van der Waals surface area contributed by atoms with Crippen LogP contribution in [0.2, 0.25) is 0 Å². The minimum Gasteiger partial charge on any atom is -0.497 e. The van der Waals surface area contributed by atoms with Crippen molar-refractivity contribution in [2.75, 3.05) is 25.7 Å². The van der Waals surface area contributed by atoms with Crippen molar-refractivity contribution >= 4 is 19.9 Å². The van der Waals surface area contributed by atoms with Crippen LogP contribution in [0.25, 0.3) is 0 Å². The van der Waals surface area contributed by atoms with Gasteiger partial charge in [-0.15, -0.1) is 0 Å². The standard InChI is InChI=1S/C26H30N2O6S2/c1-33-22-13-14-25(34-2)26(15-22)36(31,32)28(17-21-11-7-4-8-12-21)24-19-35(29,30)18-23(24)27-16-20-9-5-3-6-10-20/h3-15,23-24,27H,16-19H2,1-2H3/t23-,24-/m0/s1. The van der Waals surface area contributed by atoms with E-state index >= 15 is 0 Å². The van der Waals surface area contributed by atoms with Gasteiger partial charge in [-0.2, -0.15) is 4.31 Å². The number of nitrogens with zero attached hydrogens (tertiary/aromatic N) is 1. The Bertz CT molecular complexity index is 1380. The first-order valence-corrected chi connectivity index (χ1v) is 14.7. The van der Waals surface area contributed by atoms with Gasteiger partial charge in [0.2, 0.25) is 10.0 Å². The zero-order valence-corrected chi connectivity index (χ0v) is 21.8. The first-order chi connectivity index (χ1) is 17.2. The van der Waals surface area contributed by atoms with E-state index in [4.69, 9.17) is 9.47 Å². The lowest BCUT2D eigenvalue weighted by Crippen LogP contribution is -2.51. The molecule has 0 bridgehead atoms. The molecule has 192 valence electrons. The van der Waals surface area contributed by atoms with Gasteiger partial charge in [0, 0.05) is 25.2 Å². The number of hydrogen-bond acceptors (Lipinski definition) is 7. The van der Waals surface area contributed by atoms with Crippen LogP contribution in [-0.2, 0) is 33.0 Å². The quantitative estimate of drug-likeness (QED) is 0.430. The van der Waals surface area contributed by atoms with Gasteiger partial charge < -0.3 is 14.8 Å². The molecule has 1 heterocycles. The molecule has 0 aliphatic carbocycles. The predicted octanol–water partition coefficient (Wildman–Crippen LogP) is 2.85. The topological polar surface area (TPSA) is 102 Å². The molecular weight excluding hydrogens is 500 g/mol. The van der Waals surface area contributed by atoms with Crippen molar-refractivity contribution in [3.05, 3.63) is 90.0 Å². The van der Waals surface area contributed by atoms with Gasteiger partial charge in [0.15, 0.2) is 9.84 Å². The van der Waals surface area contributed by atoms with E-state index in [1.807, 2.05) is 60.7 Å². The van der Waals surface area contributed by atoms with E-state index in [1.54, 1.807) is 6.07 Å². The van der Waals surface area contributed by atoms with Gasteiger partial charge in [-0.3, -0.25) is 0 Å². The third kappa shape index (κ3) is 5.89. The highest BCUT2D eigenvalue weighted by Gasteiger charge is 2.46. The highest BCUT2D eigenvalue weighted by Crippen LogP contribution is 2.34. The van der Waals surface area contributed by atoms with Crippen LogP contribution in [0.3, 0.4) is 0 Å². The Morgan fingerprint density at radius 1 is 0.889 bits per heavy atom. The first kappa shape index (κ1) is 26.2. The summed E-state index contributed by atoms with van der Waals surface area (Å²) in [6.07, 6.45) is 0. The van der Waals surface area contributed by atoms with Crippen molar-refractivity contribution < 1.29 is 26.3 Å². The summed E-state index contributed by atoms with van der Waals surface area (Å²) in [5.41, 5.74) is 1.72. The number of sulfone groups is 1. The van der Waals surface area contributed by atoms with Crippen molar-refractivity contribution in [2.24, 2.45) is 0 Å². The lowest BCUT2D eigenvalue weighted by Gasteiger charge is -2.32. The second-order valence-corrected chi connectivity index (χ2v) is 12.7. The molecule has 4 rings (SSSR count). The summed E-state index contributed by atoms with van der Waals surface area (Å²) in [4.78, 5) is -0.0774. The summed E-state index contributed by atoms with van der Waals surface area (Å²) in [5.74, 6) is 0.0774. The van der Waals surface area contributed by atoms with Crippen LogP contribution in [0.1, 0.15) is 11.1 Å². The molecule has 1 N–H and O–H groups in total. The molecule has 1 aliphatic heterocycles. The summed E-state index contributed by atoms with van der Waals surface area (Å²) in [6.45, 7) is 0.423. The Balaban J connectivity index is 1.76. The fraction of sp³-hybridized carbons (Fsp3) is 0.308. The zero-order valence-electron chi connectivity index (χ0n) is 20.2. The van der Waals surface area contributed by atoms with Crippen LogP contribution in [-0.4, -0.2) is 58.9 Å². The second-order valence-electron chi connectivity index (χ2n) is 8.67. The second kappa shape index (κ2) is 11.0. The Hall–Kier alpha value is -2.92. The molecule has 2 atom stereocenters. The Kier molecular flexibility index (Phi) is 7.99. The SMILES string of the molecule is COc1ccc(OC)c(S(=O)(=O)N(Cc2ccccc2)[C@H]2CS(=O)(=O)C[C@@H]2NCc2ccccc2)c1. The van der Waals surface area contributed by atoms with Crippen LogP contribution >= 0.6 is 0 Å². The fourth-order valence-electron chi connectivity index (χ4n) is 4.41. The average molecular weight is 531 g/mol. The van der Waals surface area contributed by atoms with Gasteiger partial charge in [0.1, 0.15) is 16.4 Å². The average Bonchev–Trinajstić information content (AvgIpc) is 3.20. The van der Waals surface area contributed by atoms with Crippen LogP contribution in [0.5, 0.6) is 11.5 Å². The summed E-state index contributed by atoms with van der Waals surface area (Å²) < 4.78 is 65.9. The van der Waals surface area contributed by atoms with Crippen LogP contribution in [0.4, 0.5) is 0 Å². The molecule has 0 spiro atoms. The number of sulfonamides is 1. The molecule has 0 radical (unpaired) electrons. The lowest BCUT2D eigenvalue weighted by atomic mass is 10.1. The van der Waals surface area contributed by atoms with E-state index in [0.717, 1.165) is 11.1 Å². The zero-order chi connectivity index (χ0) is 25.8. The monoisotopic (exact) mass is 530 g/mol. The van der Waals surface area contributed by atoms with Crippen LogP contribution in [0.15, 0.2) is 83.8 Å². The van der Waals surface area contributed by atoms with E-state index in [1.165, 1.54) is 30.7 Å². The van der Waals surface area contributed by atoms with Gasteiger partial charge in [-0.1, -0.05) is 60.7 Å². The van der Waals surface area contributed by atoms with E-state index in [0.29, 0.717) is 12.3 Å². The first-order valence-electron chi connectivity index (χ1n) is 11.5. The number of benzene rings is 3. The van der Waals surface area contributed by atoms with E-state index in [9.17, 15) is 16.8 Å². The van der Waals surface area contributed by atoms with Gasteiger partial charge in [-0.25, -0.2) is 16.8 Å². The van der Waals surface area contributed by atoms with Gasteiger partial charge in [0.25, 0.3) is 0 Å². The third-order valence-electron chi connectivity index (χ3n) is 6.24. The van der Waals surface area contributed by atoms with E-state index in [-0.39, 0.29) is 28.7 Å². The molecule has 36 heavy (non-hydrogen) atoms. The Labute approximate surface area is 212 Å². The molecule has 1 fully saturated rings. The summed E-state index contributed by atoms with van der Waals surface area (Å²) in [6, 6.07) is 21.9. The maximum absolute atomic E-state index is 14.2. The smallest absolute Gasteiger partial charge is 0.247 e. The largest absolute Gasteiger partial charge is 0.497 e. The highest BCUT2D eigenvalue weighted by atomic mass is 32.2. The van der Waals surface area contributed by atoms with Gasteiger partial charge in [-0.05, 0) is 23.3 Å². The maximum atomic E-state index is 14.2. The Morgan fingerprint density at radius 3 is 2.14 bits per heavy atom. The summed E-state index contributed by atoms with van der Waals surface area (Å²) in [7, 11) is -4.84. The molecule has 3 aromatic rings. The molecular formula is C26H30N2O6S2. The lowest BCUT2D eigenvalue weighted by molar-refractivity contribution is 0.285. The van der Waals surface area contributed by atoms with Gasteiger partial charge in [0.05, 0.1) is 31.8 Å². The van der Waals surface area contributed by atoms with Crippen LogP contribution < -0.4 is 14.8 Å². The molecule has 0 aromatic heterocycles. The maximum Gasteiger partial charge on any atom is 0.247 e. The third-order valence-corrected chi connectivity index (χ3v) is 9.85. The fourth-order valence-corrected chi connectivity index (χ4v) is 8.28. The minimum absolute atomic E-state index is 0.00718. The number of nitrogens with one attached hydrogen (secondary N) is 1. The molecule has 3 aromatic carbocycles. The van der Waals surface area contributed by atoms with Crippen molar-refractivity contribution in [3.8, 4) is 11.5 Å². The molecule has 0 saturated carbocycles. The molecule has 0 amide bonds. The predicted molar refractivity (Wildman–Crippen MR) is 138 cm³/mol. The molecule has 1 aliphatic rings. The number of hydrogen-bond donors (Lipinski definition) is 1. The molecule has 8 nitrogen and oxygen atoms in total. The number of methoxy groups -OCH3 is 2. The summed E-state index contributed by atoms with van der Waals surface area (Å²) >= 11 is 0. The molecule has 0 unspecified atom stereocenters. The van der Waals surface area contributed by atoms with Crippen molar-refractivity contribution in [1.29, 1.82) is 0 Å². The normalized spacial score (nSPS) is 19.3.